The van der Waals surface area contributed by atoms with E-state index in [2.05, 4.69) is 30.6 Å². The number of anilines is 3. The first-order valence-corrected chi connectivity index (χ1v) is 16.4. The van der Waals surface area contributed by atoms with Crippen molar-refractivity contribution in [3.63, 3.8) is 0 Å². The normalized spacial score (nSPS) is 10.6. The molecule has 9 aromatic rings. The third-order valence-electron chi connectivity index (χ3n) is 7.40. The fraction of sp³-hybridized carbons (Fsp3) is 0. The summed E-state index contributed by atoms with van der Waals surface area (Å²) in [4.78, 5) is 13.7. The first kappa shape index (κ1) is 33.6. The van der Waals surface area contributed by atoms with Gasteiger partial charge < -0.3 is 19.9 Å². The Kier molecular flexibility index (Phi) is 9.88. The molecule has 52 heavy (non-hydrogen) atoms. The van der Waals surface area contributed by atoms with Gasteiger partial charge in [-0.2, -0.15) is 14.9 Å². The topological polar surface area (TPSA) is 173 Å². The minimum absolute atomic E-state index is 0.486. The molecule has 0 fully saturated rings. The predicted molar refractivity (Wildman–Crippen MR) is 201 cm³/mol. The molecule has 0 radical (unpaired) electrons. The first-order chi connectivity index (χ1) is 25.4. The quantitative estimate of drug-likeness (QED) is 0.145. The van der Waals surface area contributed by atoms with E-state index in [0.29, 0.717) is 67.4 Å². The van der Waals surface area contributed by atoms with E-state index < -0.39 is 0 Å². The first-order valence-electron chi connectivity index (χ1n) is 15.6. The zero-order valence-electron chi connectivity index (χ0n) is 27.0. The van der Waals surface area contributed by atoms with Crippen molar-refractivity contribution in [3.05, 3.63) is 149 Å². The highest BCUT2D eigenvalue weighted by Gasteiger charge is 2.17. The second-order valence-corrected chi connectivity index (χ2v) is 11.8. The molecule has 0 unspecified atom stereocenters. The van der Waals surface area contributed by atoms with Crippen LogP contribution in [0.5, 0.6) is 0 Å². The minimum atomic E-state index is 0.486. The highest BCUT2D eigenvalue weighted by molar-refractivity contribution is 6.31. The highest BCUT2D eigenvalue weighted by Crippen LogP contribution is 2.29. The van der Waals surface area contributed by atoms with Gasteiger partial charge in [-0.15, -0.1) is 5.10 Å². The Bertz CT molecular complexity index is 2600. The number of aromatic amines is 1. The Morgan fingerprint density at radius 1 is 0.731 bits per heavy atom. The molecule has 0 saturated heterocycles. The van der Waals surface area contributed by atoms with E-state index >= 15 is 0 Å². The summed E-state index contributed by atoms with van der Waals surface area (Å²) in [6, 6.07) is 38.9. The van der Waals surface area contributed by atoms with Crippen LogP contribution in [-0.2, 0) is 0 Å². The van der Waals surface area contributed by atoms with E-state index in [1.54, 1.807) is 65.6 Å². The molecule has 14 heteroatoms. The predicted octanol–water partition coefficient (Wildman–Crippen LogP) is 9.46. The second-order valence-electron chi connectivity index (χ2n) is 10.9. The van der Waals surface area contributed by atoms with Gasteiger partial charge in [0, 0.05) is 32.4 Å². The summed E-state index contributed by atoms with van der Waals surface area (Å²) in [5.41, 5.74) is 10.2. The average molecular weight is 726 g/mol. The lowest BCUT2D eigenvalue weighted by Crippen LogP contribution is -2.03. The largest absolute Gasteiger partial charge is 0.461 e. The maximum atomic E-state index is 8.29. The number of rotatable bonds is 5. The zero-order chi connectivity index (χ0) is 35.9. The molecule has 0 aliphatic heterocycles. The summed E-state index contributed by atoms with van der Waals surface area (Å²) in [5, 5.41) is 25.1. The van der Waals surface area contributed by atoms with Crippen LogP contribution in [-0.4, -0.2) is 34.8 Å². The number of fused-ring (bicyclic) bond motifs is 3. The maximum absolute atomic E-state index is 8.29. The monoisotopic (exact) mass is 724 g/mol. The number of nitrogens with zero attached hydrogens (tertiary/aromatic N) is 7. The Morgan fingerprint density at radius 2 is 1.42 bits per heavy atom. The number of aromatic nitrogens is 7. The van der Waals surface area contributed by atoms with Crippen LogP contribution >= 0.6 is 23.2 Å². The van der Waals surface area contributed by atoms with E-state index in [-0.39, 0.29) is 0 Å². The van der Waals surface area contributed by atoms with Gasteiger partial charge in [0.2, 0.25) is 11.8 Å². The smallest absolute Gasteiger partial charge is 0.231 e. The number of hydrogen-bond donors (Lipinski definition) is 3. The van der Waals surface area contributed by atoms with Crippen molar-refractivity contribution in [1.29, 1.82) is 5.26 Å². The zero-order valence-corrected chi connectivity index (χ0v) is 28.5. The van der Waals surface area contributed by atoms with Gasteiger partial charge in [0.15, 0.2) is 28.8 Å². The van der Waals surface area contributed by atoms with Crippen molar-refractivity contribution < 1.29 is 8.83 Å². The molecule has 0 atom stereocenters. The van der Waals surface area contributed by atoms with Gasteiger partial charge in [-0.25, -0.2) is 15.0 Å². The number of para-hydroxylation sites is 1. The number of H-pyrrole nitrogens is 1. The number of nitrogens with one attached hydrogen (secondary N) is 2. The number of nitriles is 1. The van der Waals surface area contributed by atoms with Crippen molar-refractivity contribution >= 4 is 57.1 Å². The standard InChI is InChI=1S/C19H12ClN5O.C12H9ClN4O.C7H5N/c20-12-8-9-15-14(11-12)18-23-17(16-7-4-10-26-16)24-25(18)19(22-15)21-13-5-2-1-3-6-13;13-7-3-4-9(14)8(6-7)11-15-12(17-16-11)10-2-1-5-18-10;8-6-7-4-2-1-3-5-7/h1-11H,(H,21,22);1-6H,14H2,(H,15,16,17);1-5H. The van der Waals surface area contributed by atoms with Crippen molar-refractivity contribution in [2.45, 2.75) is 0 Å². The molecule has 0 saturated carbocycles. The molecular formula is C38H26Cl2N10O2. The molecule has 12 nitrogen and oxygen atoms in total. The lowest BCUT2D eigenvalue weighted by Gasteiger charge is -2.09. The third-order valence-corrected chi connectivity index (χ3v) is 7.87. The SMILES string of the molecule is Clc1ccc2nc(Nc3ccccc3)n3nc(-c4ccco4)nc3c2c1.N#Cc1ccccc1.Nc1ccc(Cl)cc1-c1n[nH]c(-c2ccco2)n1. The minimum Gasteiger partial charge on any atom is -0.461 e. The summed E-state index contributed by atoms with van der Waals surface area (Å²) in [7, 11) is 0. The van der Waals surface area contributed by atoms with Crippen LogP contribution in [0.3, 0.4) is 0 Å². The molecule has 5 aromatic heterocycles. The van der Waals surface area contributed by atoms with Gasteiger partial charge in [-0.05, 0) is 84.9 Å². The number of halogens is 2. The van der Waals surface area contributed by atoms with E-state index in [9.17, 15) is 0 Å². The maximum Gasteiger partial charge on any atom is 0.231 e. The Hall–Kier alpha value is -6.94. The molecule has 0 amide bonds. The van der Waals surface area contributed by atoms with Crippen LogP contribution in [0.4, 0.5) is 17.3 Å². The van der Waals surface area contributed by atoms with E-state index in [1.807, 2.05) is 78.9 Å². The molecule has 254 valence electrons. The van der Waals surface area contributed by atoms with Crippen LogP contribution < -0.4 is 11.1 Å². The number of nitrogens with two attached hydrogens (primary N) is 1. The van der Waals surface area contributed by atoms with Crippen molar-refractivity contribution in [1.82, 2.24) is 34.8 Å². The molecule has 4 aromatic carbocycles. The van der Waals surface area contributed by atoms with Gasteiger partial charge in [0.25, 0.3) is 0 Å². The van der Waals surface area contributed by atoms with Gasteiger partial charge in [0.05, 0.1) is 29.7 Å². The van der Waals surface area contributed by atoms with Crippen LogP contribution in [0.1, 0.15) is 5.56 Å². The van der Waals surface area contributed by atoms with Crippen LogP contribution in [0.2, 0.25) is 10.0 Å². The van der Waals surface area contributed by atoms with E-state index in [0.717, 1.165) is 16.6 Å². The summed E-state index contributed by atoms with van der Waals surface area (Å²) in [6.45, 7) is 0. The fourth-order valence-electron chi connectivity index (χ4n) is 4.96. The van der Waals surface area contributed by atoms with Gasteiger partial charge >= 0.3 is 0 Å². The third kappa shape index (κ3) is 7.61. The van der Waals surface area contributed by atoms with Crippen molar-refractivity contribution in [2.24, 2.45) is 0 Å². The number of benzene rings is 4. The number of furan rings is 2. The average Bonchev–Trinajstić information content (AvgIpc) is 4.01. The lowest BCUT2D eigenvalue weighted by atomic mass is 10.2. The molecule has 0 bridgehead atoms. The Balaban J connectivity index is 0.000000139. The lowest BCUT2D eigenvalue weighted by molar-refractivity contribution is 0.577. The molecular weight excluding hydrogens is 699 g/mol. The Morgan fingerprint density at radius 3 is 2.12 bits per heavy atom. The molecule has 5 heterocycles. The number of nitrogen functional groups attached to an aromatic ring is 1. The van der Waals surface area contributed by atoms with Gasteiger partial charge in [0.1, 0.15) is 0 Å². The summed E-state index contributed by atoms with van der Waals surface area (Å²) in [6.07, 6.45) is 3.17. The van der Waals surface area contributed by atoms with E-state index in [4.69, 9.17) is 48.0 Å². The molecule has 4 N–H and O–H groups in total. The summed E-state index contributed by atoms with van der Waals surface area (Å²) in [5.74, 6) is 3.30. The second kappa shape index (κ2) is 15.3. The van der Waals surface area contributed by atoms with Crippen molar-refractivity contribution in [3.8, 4) is 40.6 Å². The summed E-state index contributed by atoms with van der Waals surface area (Å²) < 4.78 is 12.3. The number of hydrogen-bond acceptors (Lipinski definition) is 10. The van der Waals surface area contributed by atoms with Crippen LogP contribution in [0.25, 0.3) is 51.1 Å². The summed E-state index contributed by atoms with van der Waals surface area (Å²) >= 11 is 12.1. The van der Waals surface area contributed by atoms with Gasteiger partial charge in [-0.3, -0.25) is 5.10 Å². The van der Waals surface area contributed by atoms with Crippen molar-refractivity contribution in [2.75, 3.05) is 11.1 Å². The van der Waals surface area contributed by atoms with Crippen LogP contribution in [0.15, 0.2) is 143 Å². The molecule has 0 aliphatic carbocycles. The fourth-order valence-corrected chi connectivity index (χ4v) is 5.31. The van der Waals surface area contributed by atoms with E-state index in [1.165, 1.54) is 0 Å². The molecule has 0 aliphatic rings. The molecule has 9 rings (SSSR count). The van der Waals surface area contributed by atoms with Crippen LogP contribution in [0, 0.1) is 11.3 Å². The highest BCUT2D eigenvalue weighted by atomic mass is 35.5. The molecule has 0 spiro atoms. The Labute approximate surface area is 306 Å². The van der Waals surface area contributed by atoms with Gasteiger partial charge in [-0.1, -0.05) is 59.6 Å².